The first kappa shape index (κ1) is 24.1. The predicted octanol–water partition coefficient (Wildman–Crippen LogP) is 3.77. The Hall–Kier alpha value is -2.51. The van der Waals surface area contributed by atoms with E-state index < -0.39 is 6.29 Å². The summed E-state index contributed by atoms with van der Waals surface area (Å²) in [6, 6.07) is 5.91. The van der Waals surface area contributed by atoms with E-state index in [0.29, 0.717) is 37.7 Å². The van der Waals surface area contributed by atoms with E-state index in [-0.39, 0.29) is 24.3 Å². The van der Waals surface area contributed by atoms with E-state index >= 15 is 0 Å². The number of aliphatic hydroxyl groups is 1. The first-order valence-corrected chi connectivity index (χ1v) is 11.5. The maximum Gasteiger partial charge on any atom is 0.286 e. The molecule has 0 spiro atoms. The molecule has 0 aliphatic carbocycles. The molecular weight excluding hydrogens is 408 g/mol. The van der Waals surface area contributed by atoms with Crippen molar-refractivity contribution in [1.82, 2.24) is 10.3 Å². The van der Waals surface area contributed by atoms with Gasteiger partial charge in [0.15, 0.2) is 5.76 Å². The highest BCUT2D eigenvalue weighted by Gasteiger charge is 2.38. The van der Waals surface area contributed by atoms with Gasteiger partial charge in [-0.05, 0) is 67.9 Å². The van der Waals surface area contributed by atoms with Gasteiger partial charge in [-0.15, -0.1) is 0 Å². The number of H-pyrrole nitrogens is 1. The molecule has 0 fully saturated rings. The van der Waals surface area contributed by atoms with E-state index in [2.05, 4.69) is 24.1 Å². The van der Waals surface area contributed by atoms with Crippen molar-refractivity contribution in [1.29, 1.82) is 0 Å². The zero-order chi connectivity index (χ0) is 23.1. The summed E-state index contributed by atoms with van der Waals surface area (Å²) in [5.41, 5.74) is 2.16. The Morgan fingerprint density at radius 2 is 2.16 bits per heavy atom. The van der Waals surface area contributed by atoms with Crippen LogP contribution in [0.4, 0.5) is 0 Å². The predicted molar refractivity (Wildman–Crippen MR) is 124 cm³/mol. The normalized spacial score (nSPS) is 20.8. The van der Waals surface area contributed by atoms with Crippen molar-refractivity contribution < 1.29 is 24.1 Å². The van der Waals surface area contributed by atoms with Crippen LogP contribution >= 0.6 is 0 Å². The lowest BCUT2D eigenvalue weighted by atomic mass is 9.78. The molecule has 176 valence electrons. The van der Waals surface area contributed by atoms with Crippen LogP contribution in [-0.2, 0) is 20.7 Å². The smallest absolute Gasteiger partial charge is 0.286 e. The number of fused-ring (bicyclic) bond motifs is 1. The number of methoxy groups -OCH3 is 1. The van der Waals surface area contributed by atoms with Crippen LogP contribution in [-0.4, -0.2) is 49.2 Å². The Morgan fingerprint density at radius 1 is 1.34 bits per heavy atom. The zero-order valence-corrected chi connectivity index (χ0v) is 19.5. The molecule has 1 amide bonds. The number of aliphatic hydroxyl groups excluding tert-OH is 1. The van der Waals surface area contributed by atoms with Crippen molar-refractivity contribution >= 4 is 16.8 Å². The van der Waals surface area contributed by atoms with Gasteiger partial charge in [-0.25, -0.2) is 0 Å². The number of carbonyl (C=O) groups is 1. The van der Waals surface area contributed by atoms with E-state index in [0.717, 1.165) is 28.6 Å². The SMILES string of the molecule is CCO[C@@H]1OC(C(=O)NCCc2c[nH]c3ccc(OC)cc23)=C[C@H](C(C)C)[C@@H]1CCCO. The molecule has 0 saturated carbocycles. The van der Waals surface area contributed by atoms with Gasteiger partial charge in [-0.3, -0.25) is 4.79 Å². The molecule has 3 rings (SSSR count). The molecule has 1 aromatic heterocycles. The van der Waals surface area contributed by atoms with E-state index in [1.54, 1.807) is 7.11 Å². The second-order valence-corrected chi connectivity index (χ2v) is 8.55. The zero-order valence-electron chi connectivity index (χ0n) is 19.5. The molecular formula is C25H36N2O5. The largest absolute Gasteiger partial charge is 0.497 e. The van der Waals surface area contributed by atoms with E-state index in [9.17, 15) is 9.90 Å². The molecule has 3 atom stereocenters. The molecule has 1 aliphatic heterocycles. The summed E-state index contributed by atoms with van der Waals surface area (Å²) in [6.07, 6.45) is 5.59. The number of nitrogens with one attached hydrogen (secondary N) is 2. The Kier molecular flexibility index (Phi) is 8.59. The highest BCUT2D eigenvalue weighted by atomic mass is 16.7. The molecule has 7 nitrogen and oxygen atoms in total. The van der Waals surface area contributed by atoms with E-state index in [1.807, 2.05) is 37.4 Å². The van der Waals surface area contributed by atoms with Crippen LogP contribution in [0.15, 0.2) is 36.2 Å². The molecule has 3 N–H and O–H groups in total. The third-order valence-corrected chi connectivity index (χ3v) is 6.11. The molecule has 2 heterocycles. The second kappa shape index (κ2) is 11.4. The molecule has 0 radical (unpaired) electrons. The summed E-state index contributed by atoms with van der Waals surface area (Å²) in [5, 5.41) is 13.4. The minimum atomic E-state index is -0.481. The third kappa shape index (κ3) is 5.64. The number of hydrogen-bond acceptors (Lipinski definition) is 5. The van der Waals surface area contributed by atoms with Gasteiger partial charge in [-0.2, -0.15) is 0 Å². The number of ether oxygens (including phenoxy) is 3. The summed E-state index contributed by atoms with van der Waals surface area (Å²) in [6.45, 7) is 7.33. The van der Waals surface area contributed by atoms with Gasteiger partial charge < -0.3 is 29.6 Å². The van der Waals surface area contributed by atoms with Crippen LogP contribution in [0.3, 0.4) is 0 Å². The number of aromatic amines is 1. The fraction of sp³-hybridized carbons (Fsp3) is 0.560. The maximum absolute atomic E-state index is 12.9. The fourth-order valence-corrected chi connectivity index (χ4v) is 4.41. The first-order chi connectivity index (χ1) is 15.5. The minimum absolute atomic E-state index is 0.111. The van der Waals surface area contributed by atoms with Crippen molar-refractivity contribution in [2.24, 2.45) is 17.8 Å². The van der Waals surface area contributed by atoms with Crippen LogP contribution in [0.25, 0.3) is 10.9 Å². The molecule has 2 aromatic rings. The van der Waals surface area contributed by atoms with Crippen molar-refractivity contribution in [3.8, 4) is 5.75 Å². The molecule has 0 unspecified atom stereocenters. The van der Waals surface area contributed by atoms with Crippen LogP contribution < -0.4 is 10.1 Å². The summed E-state index contributed by atoms with van der Waals surface area (Å²) in [5.74, 6) is 1.49. The van der Waals surface area contributed by atoms with Crippen LogP contribution in [0, 0.1) is 17.8 Å². The lowest BCUT2D eigenvalue weighted by Crippen LogP contribution is -2.41. The standard InChI is InChI=1S/C25H36N2O5/c1-5-31-25-19(7-6-12-28)20(16(2)3)14-23(32-25)24(29)26-11-10-17-15-27-22-9-8-18(30-4)13-21(17)22/h8-9,13-16,19-20,25,27-28H,5-7,10-12H2,1-4H3,(H,26,29)/t19-,20+,25+/m0/s1. The lowest BCUT2D eigenvalue weighted by molar-refractivity contribution is -0.175. The van der Waals surface area contributed by atoms with Crippen LogP contribution in [0.2, 0.25) is 0 Å². The van der Waals surface area contributed by atoms with Crippen molar-refractivity contribution in [3.05, 3.63) is 41.8 Å². The number of hydrogen-bond donors (Lipinski definition) is 3. The quantitative estimate of drug-likeness (QED) is 0.491. The average molecular weight is 445 g/mol. The fourth-order valence-electron chi connectivity index (χ4n) is 4.41. The molecule has 32 heavy (non-hydrogen) atoms. The van der Waals surface area contributed by atoms with Gasteiger partial charge in [0, 0.05) is 42.8 Å². The van der Waals surface area contributed by atoms with Crippen molar-refractivity contribution in [2.75, 3.05) is 26.9 Å². The van der Waals surface area contributed by atoms with E-state index in [1.165, 1.54) is 0 Å². The summed E-state index contributed by atoms with van der Waals surface area (Å²) < 4.78 is 17.2. The highest BCUT2D eigenvalue weighted by Crippen LogP contribution is 2.37. The lowest BCUT2D eigenvalue weighted by Gasteiger charge is -2.38. The van der Waals surface area contributed by atoms with Gasteiger partial charge in [0.25, 0.3) is 5.91 Å². The Morgan fingerprint density at radius 3 is 2.84 bits per heavy atom. The third-order valence-electron chi connectivity index (χ3n) is 6.11. The van der Waals surface area contributed by atoms with Gasteiger partial charge in [0.2, 0.25) is 6.29 Å². The topological polar surface area (TPSA) is 92.8 Å². The first-order valence-electron chi connectivity index (χ1n) is 11.5. The molecule has 0 saturated heterocycles. The minimum Gasteiger partial charge on any atom is -0.497 e. The number of carbonyl (C=O) groups excluding carboxylic acids is 1. The Balaban J connectivity index is 1.67. The molecule has 7 heteroatoms. The second-order valence-electron chi connectivity index (χ2n) is 8.55. The molecule has 1 aromatic carbocycles. The van der Waals surface area contributed by atoms with Crippen molar-refractivity contribution in [2.45, 2.75) is 46.3 Å². The van der Waals surface area contributed by atoms with Crippen LogP contribution in [0.5, 0.6) is 5.75 Å². The highest BCUT2D eigenvalue weighted by molar-refractivity contribution is 5.91. The monoisotopic (exact) mass is 444 g/mol. The van der Waals surface area contributed by atoms with Crippen molar-refractivity contribution in [3.63, 3.8) is 0 Å². The summed E-state index contributed by atoms with van der Waals surface area (Å²) >= 11 is 0. The average Bonchev–Trinajstić information content (AvgIpc) is 3.19. The number of amides is 1. The number of allylic oxidation sites excluding steroid dienone is 1. The summed E-state index contributed by atoms with van der Waals surface area (Å²) in [4.78, 5) is 16.2. The number of rotatable bonds is 11. The van der Waals surface area contributed by atoms with Gasteiger partial charge >= 0.3 is 0 Å². The number of benzene rings is 1. The maximum atomic E-state index is 12.9. The van der Waals surface area contributed by atoms with Crippen LogP contribution in [0.1, 0.15) is 39.2 Å². The van der Waals surface area contributed by atoms with Gasteiger partial charge in [-0.1, -0.05) is 13.8 Å². The van der Waals surface area contributed by atoms with Gasteiger partial charge in [0.1, 0.15) is 5.75 Å². The summed E-state index contributed by atoms with van der Waals surface area (Å²) in [7, 11) is 1.65. The molecule has 0 bridgehead atoms. The Bertz CT molecular complexity index is 920. The van der Waals surface area contributed by atoms with Gasteiger partial charge in [0.05, 0.1) is 7.11 Å². The Labute approximate surface area is 190 Å². The molecule has 1 aliphatic rings. The number of aromatic nitrogens is 1. The van der Waals surface area contributed by atoms with E-state index in [4.69, 9.17) is 14.2 Å².